The zero-order valence-corrected chi connectivity index (χ0v) is 10.7. The van der Waals surface area contributed by atoms with E-state index in [4.69, 9.17) is 9.84 Å². The molecule has 0 aliphatic rings. The number of carboxylic acids is 1. The summed E-state index contributed by atoms with van der Waals surface area (Å²) in [5, 5.41) is 8.72. The predicted octanol–water partition coefficient (Wildman–Crippen LogP) is 3.44. The van der Waals surface area contributed by atoms with Crippen molar-refractivity contribution in [1.82, 2.24) is 4.37 Å². The maximum atomic E-state index is 12.7. The van der Waals surface area contributed by atoms with Gasteiger partial charge in [-0.1, -0.05) is 12.1 Å². The Morgan fingerprint density at radius 1 is 1.35 bits per heavy atom. The van der Waals surface area contributed by atoms with Crippen molar-refractivity contribution in [1.29, 1.82) is 0 Å². The number of alkyl halides is 3. The average Bonchev–Trinajstić information content (AvgIpc) is 2.84. The van der Waals surface area contributed by atoms with Gasteiger partial charge in [0.05, 0.1) is 11.3 Å². The molecule has 4 nitrogen and oxygen atoms in total. The minimum absolute atomic E-state index is 0.00714. The van der Waals surface area contributed by atoms with Crippen LogP contribution in [-0.2, 0) is 12.8 Å². The number of nitrogens with zero attached hydrogens (tertiary/aromatic N) is 1. The highest BCUT2D eigenvalue weighted by molar-refractivity contribution is 7.08. The number of aromatic carboxylic acids is 1. The van der Waals surface area contributed by atoms with Crippen molar-refractivity contribution in [3.05, 3.63) is 46.5 Å². The first kappa shape index (κ1) is 14.3. The van der Waals surface area contributed by atoms with Crippen LogP contribution in [0.15, 0.2) is 30.3 Å². The lowest BCUT2D eigenvalue weighted by molar-refractivity contribution is -0.139. The van der Waals surface area contributed by atoms with Gasteiger partial charge in [-0.15, -0.1) is 0 Å². The van der Waals surface area contributed by atoms with Crippen LogP contribution in [0, 0.1) is 0 Å². The number of rotatable bonds is 4. The van der Waals surface area contributed by atoms with Crippen molar-refractivity contribution >= 4 is 17.5 Å². The van der Waals surface area contributed by atoms with Crippen LogP contribution < -0.4 is 4.74 Å². The van der Waals surface area contributed by atoms with Crippen LogP contribution in [0.4, 0.5) is 13.2 Å². The van der Waals surface area contributed by atoms with E-state index in [0.717, 1.165) is 17.6 Å². The molecule has 1 heterocycles. The first-order chi connectivity index (χ1) is 9.38. The standard InChI is InChI=1S/C12H8F3NO3S/c13-12(14,15)8-3-1-2-4-9(8)19-6-7-5-10(11(17)18)20-16-7/h1-5H,6H2,(H,17,18). The molecule has 0 atom stereocenters. The molecular formula is C12H8F3NO3S. The summed E-state index contributed by atoms with van der Waals surface area (Å²) >= 11 is 0.751. The molecule has 8 heteroatoms. The van der Waals surface area contributed by atoms with Crippen molar-refractivity contribution in [2.45, 2.75) is 12.8 Å². The average molecular weight is 303 g/mol. The number of hydrogen-bond acceptors (Lipinski definition) is 4. The molecule has 0 saturated heterocycles. The summed E-state index contributed by atoms with van der Waals surface area (Å²) in [6.07, 6.45) is -4.51. The highest BCUT2D eigenvalue weighted by Gasteiger charge is 2.34. The Kier molecular flexibility index (Phi) is 3.93. The molecule has 0 aliphatic carbocycles. The Bertz CT molecular complexity index is 624. The summed E-state index contributed by atoms with van der Waals surface area (Å²) in [6, 6.07) is 6.07. The Morgan fingerprint density at radius 2 is 2.05 bits per heavy atom. The lowest BCUT2D eigenvalue weighted by Gasteiger charge is -2.12. The Morgan fingerprint density at radius 3 is 2.65 bits per heavy atom. The van der Waals surface area contributed by atoms with Crippen LogP contribution >= 0.6 is 11.5 Å². The van der Waals surface area contributed by atoms with E-state index in [1.54, 1.807) is 0 Å². The van der Waals surface area contributed by atoms with Gasteiger partial charge in [-0.3, -0.25) is 0 Å². The molecule has 0 fully saturated rings. The van der Waals surface area contributed by atoms with Crippen LogP contribution in [0.25, 0.3) is 0 Å². The SMILES string of the molecule is O=C(O)c1cc(COc2ccccc2C(F)(F)F)ns1. The lowest BCUT2D eigenvalue weighted by Crippen LogP contribution is -2.08. The topological polar surface area (TPSA) is 59.4 Å². The van der Waals surface area contributed by atoms with Crippen molar-refractivity contribution in [2.75, 3.05) is 0 Å². The van der Waals surface area contributed by atoms with Gasteiger partial charge < -0.3 is 9.84 Å². The third-order valence-corrected chi connectivity index (χ3v) is 3.15. The lowest BCUT2D eigenvalue weighted by atomic mass is 10.2. The molecular weight excluding hydrogens is 295 g/mol. The zero-order valence-electron chi connectivity index (χ0n) is 9.85. The normalized spacial score (nSPS) is 11.3. The fourth-order valence-corrected chi connectivity index (χ4v) is 2.05. The molecule has 0 aliphatic heterocycles. The fraction of sp³-hybridized carbons (Fsp3) is 0.167. The molecule has 1 aromatic carbocycles. The Labute approximate surface area is 115 Å². The molecule has 20 heavy (non-hydrogen) atoms. The molecule has 0 unspecified atom stereocenters. The van der Waals surface area contributed by atoms with Gasteiger partial charge >= 0.3 is 12.1 Å². The van der Waals surface area contributed by atoms with Crippen LogP contribution in [-0.4, -0.2) is 15.4 Å². The van der Waals surface area contributed by atoms with Crippen molar-refractivity contribution in [2.24, 2.45) is 0 Å². The van der Waals surface area contributed by atoms with E-state index < -0.39 is 17.7 Å². The first-order valence-corrected chi connectivity index (χ1v) is 6.13. The van der Waals surface area contributed by atoms with Gasteiger partial charge in [-0.2, -0.15) is 17.5 Å². The molecule has 0 saturated carbocycles. The van der Waals surface area contributed by atoms with Crippen molar-refractivity contribution in [3.8, 4) is 5.75 Å². The number of halogens is 3. The first-order valence-electron chi connectivity index (χ1n) is 5.36. The van der Waals surface area contributed by atoms with E-state index >= 15 is 0 Å². The number of hydrogen-bond donors (Lipinski definition) is 1. The third-order valence-electron chi connectivity index (χ3n) is 2.34. The van der Waals surface area contributed by atoms with Crippen LogP contribution in [0.2, 0.25) is 0 Å². The second-order valence-corrected chi connectivity index (χ2v) is 4.58. The quantitative estimate of drug-likeness (QED) is 0.940. The van der Waals surface area contributed by atoms with Gasteiger partial charge in [0, 0.05) is 0 Å². The number of ether oxygens (including phenoxy) is 1. The molecule has 106 valence electrons. The summed E-state index contributed by atoms with van der Waals surface area (Å²) in [5.41, 5.74) is -0.613. The summed E-state index contributed by atoms with van der Waals surface area (Å²) < 4.78 is 47.0. The molecule has 2 aromatic rings. The van der Waals surface area contributed by atoms with Gasteiger partial charge in [-0.25, -0.2) is 4.79 Å². The van der Waals surface area contributed by atoms with Crippen molar-refractivity contribution in [3.63, 3.8) is 0 Å². The Balaban J connectivity index is 2.13. The smallest absolute Gasteiger partial charge is 0.419 e. The molecule has 2 rings (SSSR count). The van der Waals surface area contributed by atoms with Crippen LogP contribution in [0.1, 0.15) is 20.9 Å². The van der Waals surface area contributed by atoms with Gasteiger partial charge in [0.2, 0.25) is 0 Å². The Hall–Kier alpha value is -2.09. The summed E-state index contributed by atoms with van der Waals surface area (Å²) in [5.74, 6) is -1.45. The molecule has 1 N–H and O–H groups in total. The third kappa shape index (κ3) is 3.27. The molecule has 0 spiro atoms. The maximum Gasteiger partial charge on any atom is 0.419 e. The minimum Gasteiger partial charge on any atom is -0.487 e. The van der Waals surface area contributed by atoms with Gasteiger partial charge in [-0.05, 0) is 29.7 Å². The van der Waals surface area contributed by atoms with E-state index in [-0.39, 0.29) is 22.9 Å². The summed E-state index contributed by atoms with van der Waals surface area (Å²) in [4.78, 5) is 10.7. The summed E-state index contributed by atoms with van der Waals surface area (Å²) in [6.45, 7) is -0.225. The largest absolute Gasteiger partial charge is 0.487 e. The monoisotopic (exact) mass is 303 g/mol. The van der Waals surface area contributed by atoms with E-state index in [9.17, 15) is 18.0 Å². The number of carboxylic acid groups (broad SMARTS) is 1. The highest BCUT2D eigenvalue weighted by Crippen LogP contribution is 2.36. The molecule has 1 aromatic heterocycles. The van der Waals surface area contributed by atoms with E-state index in [1.807, 2.05) is 0 Å². The number of para-hydroxylation sites is 1. The fourth-order valence-electron chi connectivity index (χ4n) is 1.46. The molecule has 0 amide bonds. The van der Waals surface area contributed by atoms with E-state index in [0.29, 0.717) is 0 Å². The summed E-state index contributed by atoms with van der Waals surface area (Å²) in [7, 11) is 0. The maximum absolute atomic E-state index is 12.7. The number of benzene rings is 1. The van der Waals surface area contributed by atoms with Gasteiger partial charge in [0.25, 0.3) is 0 Å². The van der Waals surface area contributed by atoms with Gasteiger partial charge in [0.15, 0.2) is 0 Å². The zero-order chi connectivity index (χ0) is 14.8. The highest BCUT2D eigenvalue weighted by atomic mass is 32.1. The van der Waals surface area contributed by atoms with Crippen LogP contribution in [0.3, 0.4) is 0 Å². The van der Waals surface area contributed by atoms with E-state index in [2.05, 4.69) is 4.37 Å². The second kappa shape index (κ2) is 5.49. The van der Waals surface area contributed by atoms with E-state index in [1.165, 1.54) is 24.3 Å². The molecule has 0 bridgehead atoms. The molecule has 0 radical (unpaired) electrons. The van der Waals surface area contributed by atoms with Crippen molar-refractivity contribution < 1.29 is 27.8 Å². The van der Waals surface area contributed by atoms with Gasteiger partial charge in [0.1, 0.15) is 17.2 Å². The predicted molar refractivity (Wildman–Crippen MR) is 64.8 cm³/mol. The number of aromatic nitrogens is 1. The van der Waals surface area contributed by atoms with Crippen LogP contribution in [0.5, 0.6) is 5.75 Å². The second-order valence-electron chi connectivity index (χ2n) is 3.77. The minimum atomic E-state index is -4.51. The number of carbonyl (C=O) groups is 1.